The summed E-state index contributed by atoms with van der Waals surface area (Å²) in [5, 5.41) is 3.06. The third-order valence-corrected chi connectivity index (χ3v) is 3.03. The Labute approximate surface area is 107 Å². The lowest BCUT2D eigenvalue weighted by molar-refractivity contribution is -0.130. The maximum atomic E-state index is 11.8. The molecule has 1 amide bonds. The maximum Gasteiger partial charge on any atom is 0.236 e. The Morgan fingerprint density at radius 2 is 2.11 bits per heavy atom. The van der Waals surface area contributed by atoms with E-state index in [0.29, 0.717) is 6.54 Å². The topological polar surface area (TPSA) is 61.4 Å². The van der Waals surface area contributed by atoms with Gasteiger partial charge in [0.05, 0.1) is 12.7 Å². The lowest BCUT2D eigenvalue weighted by Crippen LogP contribution is -2.51. The number of carbonyl (C=O) groups excluding carboxylic acids is 1. The van der Waals surface area contributed by atoms with Crippen LogP contribution in [-0.4, -0.2) is 60.0 Å². The molecule has 0 spiro atoms. The molecule has 6 heteroatoms. The molecule has 18 heavy (non-hydrogen) atoms. The molecule has 6 nitrogen and oxygen atoms in total. The van der Waals surface area contributed by atoms with E-state index in [0.717, 1.165) is 38.5 Å². The average molecular weight is 249 g/mol. The zero-order valence-electron chi connectivity index (χ0n) is 10.7. The summed E-state index contributed by atoms with van der Waals surface area (Å²) in [5.74, 6) is 1.06. The van der Waals surface area contributed by atoms with Gasteiger partial charge in [0.2, 0.25) is 5.91 Å². The lowest BCUT2D eigenvalue weighted by atomic mass is 10.3. The molecule has 1 saturated heterocycles. The molecule has 0 saturated carbocycles. The van der Waals surface area contributed by atoms with Crippen LogP contribution in [-0.2, 0) is 4.79 Å². The number of carbonyl (C=O) groups is 1. The van der Waals surface area contributed by atoms with E-state index in [1.807, 2.05) is 11.8 Å². The molecular weight excluding hydrogens is 230 g/mol. The second-order valence-electron chi connectivity index (χ2n) is 4.21. The fraction of sp³-hybridized carbons (Fsp3) is 0.583. The Morgan fingerprint density at radius 1 is 1.33 bits per heavy atom. The molecular formula is C12H19N5O. The average Bonchev–Trinajstić information content (AvgIpc) is 2.46. The SMILES string of the molecule is CCNCC(=O)N1CCN(c2cnccn2)CC1. The van der Waals surface area contributed by atoms with Crippen molar-refractivity contribution in [1.29, 1.82) is 0 Å². The van der Waals surface area contributed by atoms with Crippen LogP contribution in [0.15, 0.2) is 18.6 Å². The van der Waals surface area contributed by atoms with Crippen LogP contribution in [0.2, 0.25) is 0 Å². The largest absolute Gasteiger partial charge is 0.352 e. The van der Waals surface area contributed by atoms with Crippen LogP contribution in [0.25, 0.3) is 0 Å². The fourth-order valence-electron chi connectivity index (χ4n) is 1.98. The van der Waals surface area contributed by atoms with Crippen LogP contribution in [0.1, 0.15) is 6.92 Å². The number of rotatable bonds is 4. The van der Waals surface area contributed by atoms with E-state index in [-0.39, 0.29) is 5.91 Å². The number of amides is 1. The predicted octanol–water partition coefficient (Wildman–Crippen LogP) is -0.265. The van der Waals surface area contributed by atoms with Gasteiger partial charge < -0.3 is 15.1 Å². The molecule has 1 aromatic heterocycles. The number of nitrogens with zero attached hydrogens (tertiary/aromatic N) is 4. The molecule has 2 heterocycles. The fourth-order valence-corrected chi connectivity index (χ4v) is 1.98. The van der Waals surface area contributed by atoms with Gasteiger partial charge in [-0.25, -0.2) is 4.98 Å². The first-order chi connectivity index (χ1) is 8.81. The maximum absolute atomic E-state index is 11.8. The molecule has 0 atom stereocenters. The van der Waals surface area contributed by atoms with Gasteiger partial charge in [-0.2, -0.15) is 0 Å². The van der Waals surface area contributed by atoms with Crippen LogP contribution in [0.4, 0.5) is 5.82 Å². The van der Waals surface area contributed by atoms with Crippen molar-refractivity contribution >= 4 is 11.7 Å². The summed E-state index contributed by atoms with van der Waals surface area (Å²) in [6.07, 6.45) is 5.12. The van der Waals surface area contributed by atoms with Crippen molar-refractivity contribution < 1.29 is 4.79 Å². The molecule has 1 fully saturated rings. The van der Waals surface area contributed by atoms with Crippen molar-refractivity contribution in [3.63, 3.8) is 0 Å². The van der Waals surface area contributed by atoms with Gasteiger partial charge in [0, 0.05) is 38.6 Å². The van der Waals surface area contributed by atoms with Crippen molar-refractivity contribution in [2.75, 3.05) is 44.2 Å². The summed E-state index contributed by atoms with van der Waals surface area (Å²) in [5.41, 5.74) is 0. The highest BCUT2D eigenvalue weighted by atomic mass is 16.2. The summed E-state index contributed by atoms with van der Waals surface area (Å²) in [6.45, 7) is 6.39. The summed E-state index contributed by atoms with van der Waals surface area (Å²) >= 11 is 0. The number of nitrogens with one attached hydrogen (secondary N) is 1. The molecule has 2 rings (SSSR count). The molecule has 1 N–H and O–H groups in total. The van der Waals surface area contributed by atoms with Crippen LogP contribution in [0, 0.1) is 0 Å². The van der Waals surface area contributed by atoms with Gasteiger partial charge in [-0.15, -0.1) is 0 Å². The van der Waals surface area contributed by atoms with Crippen molar-refractivity contribution in [1.82, 2.24) is 20.2 Å². The minimum atomic E-state index is 0.177. The van der Waals surface area contributed by atoms with E-state index >= 15 is 0 Å². The van der Waals surface area contributed by atoms with Crippen molar-refractivity contribution in [3.8, 4) is 0 Å². The highest BCUT2D eigenvalue weighted by Gasteiger charge is 2.21. The third-order valence-electron chi connectivity index (χ3n) is 3.03. The van der Waals surface area contributed by atoms with E-state index in [4.69, 9.17) is 0 Å². The minimum Gasteiger partial charge on any atom is -0.352 e. The number of piperazine rings is 1. The molecule has 0 bridgehead atoms. The van der Waals surface area contributed by atoms with E-state index in [1.165, 1.54) is 0 Å². The standard InChI is InChI=1S/C12H19N5O/c1-2-13-10-12(18)17-7-5-16(6-8-17)11-9-14-3-4-15-11/h3-4,9,13H,2,5-8,10H2,1H3. The molecule has 1 aliphatic rings. The molecule has 1 aliphatic heterocycles. The summed E-state index contributed by atoms with van der Waals surface area (Å²) in [4.78, 5) is 24.2. The van der Waals surface area contributed by atoms with Crippen molar-refractivity contribution in [2.45, 2.75) is 6.92 Å². The second kappa shape index (κ2) is 6.30. The van der Waals surface area contributed by atoms with Gasteiger partial charge in [-0.1, -0.05) is 6.92 Å². The number of aromatic nitrogens is 2. The first-order valence-corrected chi connectivity index (χ1v) is 6.30. The zero-order chi connectivity index (χ0) is 12.8. The highest BCUT2D eigenvalue weighted by Crippen LogP contribution is 2.11. The molecule has 98 valence electrons. The minimum absolute atomic E-state index is 0.177. The van der Waals surface area contributed by atoms with Crippen LogP contribution >= 0.6 is 0 Å². The first kappa shape index (κ1) is 12.8. The monoisotopic (exact) mass is 249 g/mol. The van der Waals surface area contributed by atoms with Crippen molar-refractivity contribution in [2.24, 2.45) is 0 Å². The predicted molar refractivity (Wildman–Crippen MR) is 69.4 cm³/mol. The number of likely N-dealkylation sites (N-methyl/N-ethyl adjacent to an activating group) is 1. The van der Waals surface area contributed by atoms with Gasteiger partial charge >= 0.3 is 0 Å². The van der Waals surface area contributed by atoms with Crippen LogP contribution in [0.5, 0.6) is 0 Å². The van der Waals surface area contributed by atoms with Crippen LogP contribution < -0.4 is 10.2 Å². The highest BCUT2D eigenvalue weighted by molar-refractivity contribution is 5.78. The zero-order valence-corrected chi connectivity index (χ0v) is 10.7. The molecule has 0 unspecified atom stereocenters. The third kappa shape index (κ3) is 3.16. The Hall–Kier alpha value is -1.69. The summed E-state index contributed by atoms with van der Waals surface area (Å²) in [7, 11) is 0. The second-order valence-corrected chi connectivity index (χ2v) is 4.21. The Kier molecular flexibility index (Phi) is 4.46. The summed E-state index contributed by atoms with van der Waals surface area (Å²) in [6, 6.07) is 0. The molecule has 0 aliphatic carbocycles. The van der Waals surface area contributed by atoms with E-state index < -0.39 is 0 Å². The first-order valence-electron chi connectivity index (χ1n) is 6.30. The van der Waals surface area contributed by atoms with E-state index in [2.05, 4.69) is 20.2 Å². The van der Waals surface area contributed by atoms with Crippen molar-refractivity contribution in [3.05, 3.63) is 18.6 Å². The van der Waals surface area contributed by atoms with Crippen LogP contribution in [0.3, 0.4) is 0 Å². The van der Waals surface area contributed by atoms with E-state index in [1.54, 1.807) is 18.6 Å². The number of hydrogen-bond acceptors (Lipinski definition) is 5. The van der Waals surface area contributed by atoms with Gasteiger partial charge in [-0.05, 0) is 6.54 Å². The van der Waals surface area contributed by atoms with Gasteiger partial charge in [-0.3, -0.25) is 9.78 Å². The normalized spacial score (nSPS) is 15.8. The Morgan fingerprint density at radius 3 is 2.72 bits per heavy atom. The van der Waals surface area contributed by atoms with Gasteiger partial charge in [0.25, 0.3) is 0 Å². The molecule has 0 radical (unpaired) electrons. The Bertz CT molecular complexity index is 375. The molecule has 0 aromatic carbocycles. The van der Waals surface area contributed by atoms with E-state index in [9.17, 15) is 4.79 Å². The smallest absolute Gasteiger partial charge is 0.236 e. The number of anilines is 1. The number of hydrogen-bond donors (Lipinski definition) is 1. The Balaban J connectivity index is 1.83. The lowest BCUT2D eigenvalue weighted by Gasteiger charge is -2.35. The van der Waals surface area contributed by atoms with Gasteiger partial charge in [0.1, 0.15) is 5.82 Å². The quantitative estimate of drug-likeness (QED) is 0.796. The summed E-state index contributed by atoms with van der Waals surface area (Å²) < 4.78 is 0. The van der Waals surface area contributed by atoms with Gasteiger partial charge in [0.15, 0.2) is 0 Å². The molecule has 1 aromatic rings.